The Morgan fingerprint density at radius 3 is 2.71 bits per heavy atom. The summed E-state index contributed by atoms with van der Waals surface area (Å²) in [5, 5.41) is 6.60. The molecular weight excluding hydrogens is 366 g/mol. The fourth-order valence-corrected chi connectivity index (χ4v) is 2.72. The number of carbonyl (C=O) groups excluding carboxylic acids is 1. The van der Waals surface area contributed by atoms with Crippen molar-refractivity contribution in [3.05, 3.63) is 47.9 Å². The van der Waals surface area contributed by atoms with E-state index in [2.05, 4.69) is 15.5 Å². The van der Waals surface area contributed by atoms with Gasteiger partial charge in [0.15, 0.2) is 23.0 Å². The van der Waals surface area contributed by atoms with Gasteiger partial charge in [0.2, 0.25) is 12.6 Å². The molecule has 144 valence electrons. The number of rotatable bonds is 6. The van der Waals surface area contributed by atoms with Crippen LogP contribution in [0, 0.1) is 0 Å². The number of fused-ring (bicyclic) bond motifs is 1. The highest BCUT2D eigenvalue weighted by Gasteiger charge is 2.18. The lowest BCUT2D eigenvalue weighted by atomic mass is 10.2. The van der Waals surface area contributed by atoms with Crippen LogP contribution in [0.1, 0.15) is 16.2 Å². The van der Waals surface area contributed by atoms with Crippen LogP contribution in [0.3, 0.4) is 0 Å². The van der Waals surface area contributed by atoms with Crippen LogP contribution in [0.5, 0.6) is 23.0 Å². The first-order valence-electron chi connectivity index (χ1n) is 8.41. The minimum atomic E-state index is -0.475. The van der Waals surface area contributed by atoms with Crippen LogP contribution >= 0.6 is 0 Å². The van der Waals surface area contributed by atoms with Crippen LogP contribution < -0.4 is 24.3 Å². The smallest absolute Gasteiger partial charge is 0.316 e. The molecule has 1 amide bonds. The Labute approximate surface area is 160 Å². The molecule has 0 atom stereocenters. The first kappa shape index (κ1) is 17.7. The van der Waals surface area contributed by atoms with Gasteiger partial charge in [0.25, 0.3) is 0 Å². The summed E-state index contributed by atoms with van der Waals surface area (Å²) < 4.78 is 26.1. The second-order valence-electron chi connectivity index (χ2n) is 5.86. The number of nitrogens with zero attached hydrogens (tertiary/aromatic N) is 2. The van der Waals surface area contributed by atoms with Crippen LogP contribution in [-0.4, -0.2) is 37.1 Å². The molecule has 0 spiro atoms. The van der Waals surface area contributed by atoms with Gasteiger partial charge in [-0.1, -0.05) is 11.2 Å². The number of benzene rings is 2. The lowest BCUT2D eigenvalue weighted by Crippen LogP contribution is -2.23. The predicted molar refractivity (Wildman–Crippen MR) is 96.6 cm³/mol. The molecule has 0 unspecified atom stereocenters. The molecular formula is C19H17N3O6. The number of amides is 1. The van der Waals surface area contributed by atoms with E-state index in [0.29, 0.717) is 28.6 Å². The van der Waals surface area contributed by atoms with Crippen LogP contribution in [-0.2, 0) is 6.54 Å². The van der Waals surface area contributed by atoms with Gasteiger partial charge >= 0.3 is 11.8 Å². The predicted octanol–water partition coefficient (Wildman–Crippen LogP) is 2.41. The molecule has 0 aliphatic carbocycles. The van der Waals surface area contributed by atoms with Gasteiger partial charge in [0, 0.05) is 12.1 Å². The van der Waals surface area contributed by atoms with Gasteiger partial charge in [-0.05, 0) is 35.9 Å². The fraction of sp³-hybridized carbons (Fsp3) is 0.211. The Morgan fingerprint density at radius 1 is 1.07 bits per heavy atom. The number of methoxy groups -OCH3 is 2. The number of ether oxygens (including phenoxy) is 4. The molecule has 0 saturated carbocycles. The molecule has 1 aliphatic rings. The van der Waals surface area contributed by atoms with Crippen molar-refractivity contribution in [3.63, 3.8) is 0 Å². The summed E-state index contributed by atoms with van der Waals surface area (Å²) in [5.74, 6) is 2.11. The molecule has 1 N–H and O–H groups in total. The summed E-state index contributed by atoms with van der Waals surface area (Å²) >= 11 is 0. The van der Waals surface area contributed by atoms with Gasteiger partial charge in [0.05, 0.1) is 14.2 Å². The third-order valence-electron chi connectivity index (χ3n) is 4.15. The van der Waals surface area contributed by atoms with Crippen molar-refractivity contribution >= 4 is 5.91 Å². The number of hydrogen-bond acceptors (Lipinski definition) is 8. The summed E-state index contributed by atoms with van der Waals surface area (Å²) in [6.45, 7) is 0.482. The van der Waals surface area contributed by atoms with E-state index in [1.807, 2.05) is 12.1 Å². The lowest BCUT2D eigenvalue weighted by Gasteiger charge is -2.07. The van der Waals surface area contributed by atoms with Gasteiger partial charge in [-0.3, -0.25) is 4.79 Å². The molecule has 9 nitrogen and oxygen atoms in total. The molecule has 2 aromatic carbocycles. The van der Waals surface area contributed by atoms with Crippen LogP contribution in [0.15, 0.2) is 40.9 Å². The molecule has 1 aromatic heterocycles. The van der Waals surface area contributed by atoms with Crippen molar-refractivity contribution in [2.75, 3.05) is 21.0 Å². The Hall–Kier alpha value is -3.75. The summed E-state index contributed by atoms with van der Waals surface area (Å²) in [4.78, 5) is 16.5. The Morgan fingerprint density at radius 2 is 1.89 bits per heavy atom. The SMILES string of the molecule is COc1ccc(-c2noc(C(=O)NCc3ccc4c(c3)OCO4)n2)cc1OC. The lowest BCUT2D eigenvalue weighted by molar-refractivity contribution is 0.0907. The molecule has 28 heavy (non-hydrogen) atoms. The standard InChI is InChI=1S/C19H17N3O6/c1-24-13-6-4-12(8-15(13)25-2)17-21-19(28-22-17)18(23)20-9-11-3-5-14-16(7-11)27-10-26-14/h3-8H,9-10H2,1-2H3,(H,20,23). The second-order valence-corrected chi connectivity index (χ2v) is 5.86. The summed E-state index contributed by atoms with van der Waals surface area (Å²) in [7, 11) is 3.08. The summed E-state index contributed by atoms with van der Waals surface area (Å²) in [5.41, 5.74) is 1.49. The topological polar surface area (TPSA) is 105 Å². The van der Waals surface area contributed by atoms with Crippen molar-refractivity contribution in [3.8, 4) is 34.4 Å². The zero-order valence-electron chi connectivity index (χ0n) is 15.2. The number of carbonyl (C=O) groups is 1. The van der Waals surface area contributed by atoms with E-state index < -0.39 is 5.91 Å². The molecule has 0 fully saturated rings. The van der Waals surface area contributed by atoms with Crippen molar-refractivity contribution in [1.29, 1.82) is 0 Å². The van der Waals surface area contributed by atoms with Crippen molar-refractivity contribution in [2.45, 2.75) is 6.54 Å². The van der Waals surface area contributed by atoms with Crippen LogP contribution in [0.2, 0.25) is 0 Å². The highest BCUT2D eigenvalue weighted by molar-refractivity contribution is 5.89. The minimum Gasteiger partial charge on any atom is -0.493 e. The largest absolute Gasteiger partial charge is 0.493 e. The van der Waals surface area contributed by atoms with Gasteiger partial charge in [-0.2, -0.15) is 4.98 Å². The van der Waals surface area contributed by atoms with Crippen LogP contribution in [0.25, 0.3) is 11.4 Å². The highest BCUT2D eigenvalue weighted by atomic mass is 16.7. The van der Waals surface area contributed by atoms with E-state index in [0.717, 1.165) is 5.56 Å². The Balaban J connectivity index is 1.44. The van der Waals surface area contributed by atoms with E-state index in [9.17, 15) is 4.79 Å². The Kier molecular flexibility index (Phi) is 4.71. The highest BCUT2D eigenvalue weighted by Crippen LogP contribution is 2.33. The third-order valence-corrected chi connectivity index (χ3v) is 4.15. The van der Waals surface area contributed by atoms with E-state index >= 15 is 0 Å². The van der Waals surface area contributed by atoms with E-state index in [1.54, 1.807) is 31.4 Å². The monoisotopic (exact) mass is 383 g/mol. The van der Waals surface area contributed by atoms with Crippen molar-refractivity contribution in [1.82, 2.24) is 15.5 Å². The minimum absolute atomic E-state index is 0.134. The number of nitrogens with one attached hydrogen (secondary N) is 1. The van der Waals surface area contributed by atoms with E-state index in [-0.39, 0.29) is 25.1 Å². The molecule has 0 radical (unpaired) electrons. The van der Waals surface area contributed by atoms with E-state index in [1.165, 1.54) is 7.11 Å². The van der Waals surface area contributed by atoms with Gasteiger partial charge in [-0.25, -0.2) is 0 Å². The molecule has 0 bridgehead atoms. The number of hydrogen-bond donors (Lipinski definition) is 1. The molecule has 2 heterocycles. The molecule has 1 aliphatic heterocycles. The van der Waals surface area contributed by atoms with Crippen molar-refractivity contribution in [2.24, 2.45) is 0 Å². The van der Waals surface area contributed by atoms with Gasteiger partial charge in [0.1, 0.15) is 0 Å². The molecule has 4 rings (SSSR count). The second kappa shape index (κ2) is 7.47. The first-order valence-corrected chi connectivity index (χ1v) is 8.41. The van der Waals surface area contributed by atoms with Crippen molar-refractivity contribution < 1.29 is 28.3 Å². The van der Waals surface area contributed by atoms with Crippen LogP contribution in [0.4, 0.5) is 0 Å². The number of aromatic nitrogens is 2. The van der Waals surface area contributed by atoms with E-state index in [4.69, 9.17) is 23.5 Å². The zero-order valence-corrected chi connectivity index (χ0v) is 15.2. The van der Waals surface area contributed by atoms with Gasteiger partial charge < -0.3 is 28.8 Å². The maximum Gasteiger partial charge on any atom is 0.316 e. The summed E-state index contributed by atoms with van der Waals surface area (Å²) in [6, 6.07) is 10.6. The average Bonchev–Trinajstić information content (AvgIpc) is 3.40. The molecule has 3 aromatic rings. The van der Waals surface area contributed by atoms with Gasteiger partial charge in [-0.15, -0.1) is 0 Å². The third kappa shape index (κ3) is 3.41. The fourth-order valence-electron chi connectivity index (χ4n) is 2.72. The normalized spacial score (nSPS) is 11.9. The summed E-state index contributed by atoms with van der Waals surface area (Å²) in [6.07, 6.45) is 0. The quantitative estimate of drug-likeness (QED) is 0.692. The maximum absolute atomic E-state index is 12.3. The zero-order chi connectivity index (χ0) is 19.5. The maximum atomic E-state index is 12.3. The first-order chi connectivity index (χ1) is 13.7. The molecule has 9 heteroatoms. The Bertz CT molecular complexity index is 1020. The molecule has 0 saturated heterocycles. The average molecular weight is 383 g/mol.